The van der Waals surface area contributed by atoms with E-state index in [1.807, 2.05) is 6.07 Å². The van der Waals surface area contributed by atoms with Crippen molar-refractivity contribution in [1.29, 1.82) is 0 Å². The number of nitrogens with zero attached hydrogens (tertiary/aromatic N) is 4. The van der Waals surface area contributed by atoms with Gasteiger partial charge in [0.05, 0.1) is 12.4 Å². The fraction of sp³-hybridized carbons (Fsp3) is 0.370. The van der Waals surface area contributed by atoms with Crippen LogP contribution in [0.2, 0.25) is 0 Å². The maximum absolute atomic E-state index is 14.6. The van der Waals surface area contributed by atoms with Gasteiger partial charge in [-0.1, -0.05) is 19.4 Å². The summed E-state index contributed by atoms with van der Waals surface area (Å²) in [5, 5.41) is 6.78. The average molecular weight is 506 g/mol. The monoisotopic (exact) mass is 505 g/mol. The van der Waals surface area contributed by atoms with Gasteiger partial charge in [-0.15, -0.1) is 0 Å². The zero-order valence-electron chi connectivity index (χ0n) is 20.6. The second-order valence-corrected chi connectivity index (χ2v) is 9.48. The average Bonchev–Trinajstić information content (AvgIpc) is 3.32. The first-order valence-corrected chi connectivity index (χ1v) is 12.7. The lowest BCUT2D eigenvalue weighted by Gasteiger charge is -2.30. The Labute approximate surface area is 213 Å². The summed E-state index contributed by atoms with van der Waals surface area (Å²) in [5.41, 5.74) is 2.55. The summed E-state index contributed by atoms with van der Waals surface area (Å²) in [6.45, 7) is 2.14. The van der Waals surface area contributed by atoms with E-state index in [9.17, 15) is 13.6 Å². The molecule has 10 heteroatoms. The van der Waals surface area contributed by atoms with Crippen LogP contribution in [0.3, 0.4) is 0 Å². The molecule has 4 aromatic rings. The SMILES string of the molecule is CCCCc1ccc(C(=O)N[C@@H]2CCC[C@H](Nc3nc(-c4c[nH]c5ncc(F)cc45)ncc3F)C2)nc1. The van der Waals surface area contributed by atoms with E-state index in [-0.39, 0.29) is 29.6 Å². The minimum absolute atomic E-state index is 0.0626. The summed E-state index contributed by atoms with van der Waals surface area (Å²) >= 11 is 0. The number of hydrogen-bond acceptors (Lipinski definition) is 6. The number of H-pyrrole nitrogens is 1. The number of amides is 1. The highest BCUT2D eigenvalue weighted by molar-refractivity contribution is 5.92. The number of aryl methyl sites for hydroxylation is 1. The largest absolute Gasteiger partial charge is 0.365 e. The molecule has 1 aliphatic rings. The summed E-state index contributed by atoms with van der Waals surface area (Å²) in [5.74, 6) is -0.928. The molecule has 0 spiro atoms. The van der Waals surface area contributed by atoms with Gasteiger partial charge in [0.1, 0.15) is 17.2 Å². The fourth-order valence-corrected chi connectivity index (χ4v) is 4.75. The highest BCUT2D eigenvalue weighted by Crippen LogP contribution is 2.28. The van der Waals surface area contributed by atoms with Gasteiger partial charge in [0.15, 0.2) is 17.5 Å². The number of hydrogen-bond donors (Lipinski definition) is 3. The Morgan fingerprint density at radius 3 is 2.78 bits per heavy atom. The molecule has 1 saturated carbocycles. The van der Waals surface area contributed by atoms with Gasteiger partial charge in [-0.3, -0.25) is 9.78 Å². The molecule has 0 aromatic carbocycles. The minimum atomic E-state index is -0.577. The molecule has 1 aliphatic carbocycles. The third-order valence-corrected chi connectivity index (χ3v) is 6.71. The van der Waals surface area contributed by atoms with Gasteiger partial charge in [0.2, 0.25) is 0 Å². The number of halogens is 2. The van der Waals surface area contributed by atoms with Crippen LogP contribution in [0.1, 0.15) is 61.5 Å². The Morgan fingerprint density at radius 2 is 1.97 bits per heavy atom. The van der Waals surface area contributed by atoms with Gasteiger partial charge in [0, 0.05) is 35.4 Å². The van der Waals surface area contributed by atoms with Crippen LogP contribution in [-0.4, -0.2) is 42.9 Å². The van der Waals surface area contributed by atoms with Gasteiger partial charge < -0.3 is 15.6 Å². The lowest BCUT2D eigenvalue weighted by atomic mass is 9.91. The molecule has 0 bridgehead atoms. The van der Waals surface area contributed by atoms with Crippen molar-refractivity contribution in [1.82, 2.24) is 30.2 Å². The van der Waals surface area contributed by atoms with E-state index in [1.54, 1.807) is 18.5 Å². The second kappa shape index (κ2) is 11.0. The number of anilines is 1. The van der Waals surface area contributed by atoms with Crippen LogP contribution in [0.15, 0.2) is 43.0 Å². The number of carbonyl (C=O) groups is 1. The van der Waals surface area contributed by atoms with Gasteiger partial charge in [-0.05, 0) is 56.2 Å². The number of aromatic amines is 1. The first kappa shape index (κ1) is 24.7. The lowest BCUT2D eigenvalue weighted by molar-refractivity contribution is 0.0921. The molecular weight excluding hydrogens is 476 g/mol. The summed E-state index contributed by atoms with van der Waals surface area (Å²) < 4.78 is 28.4. The molecule has 1 fully saturated rings. The van der Waals surface area contributed by atoms with Crippen LogP contribution in [-0.2, 0) is 6.42 Å². The first-order valence-electron chi connectivity index (χ1n) is 12.7. The first-order chi connectivity index (χ1) is 18.0. The highest BCUT2D eigenvalue weighted by atomic mass is 19.1. The Balaban J connectivity index is 1.25. The number of pyridine rings is 2. The van der Waals surface area contributed by atoms with Crippen molar-refractivity contribution in [3.8, 4) is 11.4 Å². The second-order valence-electron chi connectivity index (χ2n) is 9.48. The van der Waals surface area contributed by atoms with E-state index >= 15 is 0 Å². The standard InChI is InChI=1S/C27H29F2N7O/c1-2-3-5-16-8-9-23(30-12-16)27(37)35-19-7-4-6-18(11-19)34-26-22(29)15-33-25(36-26)21-14-32-24-20(21)10-17(28)13-31-24/h8-10,12-15,18-19H,2-7,11H2,1H3,(H,31,32)(H,35,37)(H,33,34,36)/t18-,19+/m0/s1. The number of nitrogens with one attached hydrogen (secondary N) is 3. The van der Waals surface area contributed by atoms with E-state index in [0.717, 1.165) is 56.5 Å². The van der Waals surface area contributed by atoms with Crippen molar-refractivity contribution in [2.24, 2.45) is 0 Å². The van der Waals surface area contributed by atoms with Gasteiger partial charge in [0.25, 0.3) is 5.91 Å². The smallest absolute Gasteiger partial charge is 0.270 e. The van der Waals surface area contributed by atoms with Gasteiger partial charge in [-0.2, -0.15) is 0 Å². The number of unbranched alkanes of at least 4 members (excludes halogenated alkanes) is 1. The molecule has 4 aromatic heterocycles. The Morgan fingerprint density at radius 1 is 1.11 bits per heavy atom. The number of fused-ring (bicyclic) bond motifs is 1. The predicted molar refractivity (Wildman–Crippen MR) is 137 cm³/mol. The Bertz CT molecular complexity index is 1390. The number of rotatable bonds is 8. The van der Waals surface area contributed by atoms with Crippen molar-refractivity contribution in [3.05, 3.63) is 65.9 Å². The fourth-order valence-electron chi connectivity index (χ4n) is 4.75. The molecular formula is C27H29F2N7O. The zero-order valence-corrected chi connectivity index (χ0v) is 20.6. The van der Waals surface area contributed by atoms with Crippen LogP contribution >= 0.6 is 0 Å². The van der Waals surface area contributed by atoms with Gasteiger partial charge >= 0.3 is 0 Å². The molecule has 0 radical (unpaired) electrons. The number of aromatic nitrogens is 5. The third-order valence-electron chi connectivity index (χ3n) is 6.71. The van der Waals surface area contributed by atoms with Crippen molar-refractivity contribution in [2.75, 3.05) is 5.32 Å². The van der Waals surface area contributed by atoms with Gasteiger partial charge in [-0.25, -0.2) is 23.7 Å². The molecule has 3 N–H and O–H groups in total. The van der Waals surface area contributed by atoms with Crippen LogP contribution in [0.4, 0.5) is 14.6 Å². The van der Waals surface area contributed by atoms with E-state index in [1.165, 1.54) is 6.07 Å². The van der Waals surface area contributed by atoms with Crippen molar-refractivity contribution in [2.45, 2.75) is 64.0 Å². The van der Waals surface area contributed by atoms with Crippen LogP contribution < -0.4 is 10.6 Å². The lowest BCUT2D eigenvalue weighted by Crippen LogP contribution is -2.42. The summed E-state index contributed by atoms with van der Waals surface area (Å²) in [4.78, 5) is 32.6. The van der Waals surface area contributed by atoms with E-state index in [2.05, 4.69) is 42.5 Å². The number of carbonyl (C=O) groups excluding carboxylic acids is 1. The molecule has 8 nitrogen and oxygen atoms in total. The van der Waals surface area contributed by atoms with Crippen molar-refractivity contribution >= 4 is 22.8 Å². The summed E-state index contributed by atoms with van der Waals surface area (Å²) in [6, 6.07) is 4.92. The van der Waals surface area contributed by atoms with Crippen molar-refractivity contribution < 1.29 is 13.6 Å². The molecule has 37 heavy (non-hydrogen) atoms. The maximum atomic E-state index is 14.6. The molecule has 2 atom stereocenters. The zero-order chi connectivity index (χ0) is 25.8. The summed E-state index contributed by atoms with van der Waals surface area (Å²) in [6.07, 6.45) is 11.9. The van der Waals surface area contributed by atoms with E-state index in [0.29, 0.717) is 28.7 Å². The Hall–Kier alpha value is -3.95. The third kappa shape index (κ3) is 5.73. The Kier molecular flexibility index (Phi) is 7.34. The van der Waals surface area contributed by atoms with Crippen molar-refractivity contribution in [3.63, 3.8) is 0 Å². The molecule has 1 amide bonds. The predicted octanol–water partition coefficient (Wildman–Crippen LogP) is 5.19. The molecule has 5 rings (SSSR count). The highest BCUT2D eigenvalue weighted by Gasteiger charge is 2.25. The quantitative estimate of drug-likeness (QED) is 0.304. The minimum Gasteiger partial charge on any atom is -0.365 e. The maximum Gasteiger partial charge on any atom is 0.270 e. The van der Waals surface area contributed by atoms with Crippen LogP contribution in [0, 0.1) is 11.6 Å². The topological polar surface area (TPSA) is 108 Å². The van der Waals surface area contributed by atoms with Crippen LogP contribution in [0.5, 0.6) is 0 Å². The molecule has 0 aliphatic heterocycles. The normalized spacial score (nSPS) is 17.6. The molecule has 192 valence electrons. The van der Waals surface area contributed by atoms with E-state index < -0.39 is 11.6 Å². The molecule has 4 heterocycles. The molecule has 0 unspecified atom stereocenters. The van der Waals surface area contributed by atoms with E-state index in [4.69, 9.17) is 0 Å². The summed E-state index contributed by atoms with van der Waals surface area (Å²) in [7, 11) is 0. The van der Waals surface area contributed by atoms with Crippen LogP contribution in [0.25, 0.3) is 22.4 Å². The molecule has 0 saturated heterocycles.